The van der Waals surface area contributed by atoms with Crippen LogP contribution in [0.2, 0.25) is 0 Å². The first-order chi connectivity index (χ1) is 8.75. The first-order valence-electron chi connectivity index (χ1n) is 6.91. The molecule has 0 saturated carbocycles. The molecule has 0 bridgehead atoms. The molecule has 4 heteroatoms. The van der Waals surface area contributed by atoms with Gasteiger partial charge in [0.05, 0.1) is 0 Å². The standard InChI is InChI=1S/C15H25NO3/c1-11(17)12-9-7-5-6-8-10-13(12)16(14(18)19)15(2,3)4/h5-6,12-13H,7-10H2,1-4H3,(H,18,19)/p-1. The van der Waals surface area contributed by atoms with E-state index in [0.29, 0.717) is 12.8 Å². The lowest BCUT2D eigenvalue weighted by Crippen LogP contribution is -2.59. The fourth-order valence-corrected chi connectivity index (χ4v) is 2.86. The van der Waals surface area contributed by atoms with Crippen LogP contribution in [0, 0.1) is 5.92 Å². The van der Waals surface area contributed by atoms with Gasteiger partial charge in [-0.3, -0.25) is 4.79 Å². The van der Waals surface area contributed by atoms with Crippen LogP contribution in [-0.4, -0.2) is 28.4 Å². The summed E-state index contributed by atoms with van der Waals surface area (Å²) in [5, 5.41) is 11.5. The Morgan fingerprint density at radius 1 is 1.16 bits per heavy atom. The lowest BCUT2D eigenvalue weighted by atomic mass is 9.83. The number of Topliss-reactive ketones (excluding diaryl/α,β-unsaturated/α-hetero) is 1. The Labute approximate surface area is 115 Å². The highest BCUT2D eigenvalue weighted by molar-refractivity contribution is 5.80. The Balaban J connectivity index is 3.10. The van der Waals surface area contributed by atoms with Crippen LogP contribution in [0.25, 0.3) is 0 Å². The molecule has 1 aliphatic carbocycles. The molecule has 4 nitrogen and oxygen atoms in total. The zero-order valence-electron chi connectivity index (χ0n) is 12.3. The molecule has 1 aliphatic rings. The second-order valence-corrected chi connectivity index (χ2v) is 6.22. The van der Waals surface area contributed by atoms with Crippen molar-refractivity contribution in [2.24, 2.45) is 5.92 Å². The molecular formula is C15H24NO3-. The molecule has 0 spiro atoms. The summed E-state index contributed by atoms with van der Waals surface area (Å²) in [7, 11) is 0. The fourth-order valence-electron chi connectivity index (χ4n) is 2.86. The predicted molar refractivity (Wildman–Crippen MR) is 72.6 cm³/mol. The van der Waals surface area contributed by atoms with Crippen LogP contribution in [0.3, 0.4) is 0 Å². The average Bonchev–Trinajstić information content (AvgIpc) is 2.18. The summed E-state index contributed by atoms with van der Waals surface area (Å²) >= 11 is 0. The molecule has 0 aromatic carbocycles. The van der Waals surface area contributed by atoms with Crippen LogP contribution in [-0.2, 0) is 4.79 Å². The van der Waals surface area contributed by atoms with E-state index >= 15 is 0 Å². The number of carbonyl (C=O) groups excluding carboxylic acids is 2. The van der Waals surface area contributed by atoms with Crippen molar-refractivity contribution in [1.82, 2.24) is 4.90 Å². The molecule has 0 radical (unpaired) electrons. The number of ketones is 1. The van der Waals surface area contributed by atoms with Crippen LogP contribution in [0.1, 0.15) is 53.4 Å². The monoisotopic (exact) mass is 266 g/mol. The Morgan fingerprint density at radius 3 is 2.11 bits per heavy atom. The van der Waals surface area contributed by atoms with Crippen molar-refractivity contribution < 1.29 is 14.7 Å². The number of rotatable bonds is 2. The largest absolute Gasteiger partial charge is 0.530 e. The topological polar surface area (TPSA) is 60.4 Å². The zero-order chi connectivity index (χ0) is 14.6. The van der Waals surface area contributed by atoms with E-state index in [4.69, 9.17) is 0 Å². The van der Waals surface area contributed by atoms with E-state index in [1.165, 1.54) is 4.90 Å². The van der Waals surface area contributed by atoms with E-state index in [0.717, 1.165) is 12.8 Å². The van der Waals surface area contributed by atoms with Gasteiger partial charge in [-0.2, -0.15) is 0 Å². The second-order valence-electron chi connectivity index (χ2n) is 6.22. The number of allylic oxidation sites excluding steroid dienone is 2. The molecule has 0 aromatic heterocycles. The normalized spacial score (nSPS) is 24.4. The predicted octanol–water partition coefficient (Wildman–Crippen LogP) is 2.13. The van der Waals surface area contributed by atoms with Gasteiger partial charge < -0.3 is 14.8 Å². The molecule has 1 amide bonds. The van der Waals surface area contributed by atoms with Crippen LogP contribution in [0.15, 0.2) is 12.2 Å². The van der Waals surface area contributed by atoms with Gasteiger partial charge in [-0.25, -0.2) is 0 Å². The third-order valence-electron chi connectivity index (χ3n) is 3.68. The van der Waals surface area contributed by atoms with Crippen LogP contribution < -0.4 is 5.11 Å². The lowest BCUT2D eigenvalue weighted by molar-refractivity contribution is -0.274. The average molecular weight is 266 g/mol. The summed E-state index contributed by atoms with van der Waals surface area (Å²) < 4.78 is 0. The van der Waals surface area contributed by atoms with E-state index in [1.807, 2.05) is 20.8 Å². The summed E-state index contributed by atoms with van der Waals surface area (Å²) in [6.45, 7) is 7.08. The quantitative estimate of drug-likeness (QED) is 0.719. The summed E-state index contributed by atoms with van der Waals surface area (Å²) in [6.07, 6.45) is 5.96. The molecule has 108 valence electrons. The maximum absolute atomic E-state index is 11.9. The maximum atomic E-state index is 11.9. The van der Waals surface area contributed by atoms with E-state index in [-0.39, 0.29) is 17.7 Å². The maximum Gasteiger partial charge on any atom is 0.137 e. The minimum atomic E-state index is -1.19. The molecule has 1 rings (SSSR count). The lowest BCUT2D eigenvalue weighted by Gasteiger charge is -2.46. The number of carbonyl (C=O) groups is 2. The highest BCUT2D eigenvalue weighted by atomic mass is 16.4. The van der Waals surface area contributed by atoms with E-state index in [9.17, 15) is 14.7 Å². The number of carboxylic acid groups (broad SMARTS) is 1. The summed E-state index contributed by atoms with van der Waals surface area (Å²) in [4.78, 5) is 24.7. The van der Waals surface area contributed by atoms with Crippen molar-refractivity contribution in [3.05, 3.63) is 12.2 Å². The Hall–Kier alpha value is -1.32. The van der Waals surface area contributed by atoms with E-state index < -0.39 is 11.6 Å². The third-order valence-corrected chi connectivity index (χ3v) is 3.68. The van der Waals surface area contributed by atoms with Crippen molar-refractivity contribution >= 4 is 11.9 Å². The first kappa shape index (κ1) is 15.7. The molecular weight excluding hydrogens is 242 g/mol. The van der Waals surface area contributed by atoms with Gasteiger partial charge in [0.15, 0.2) is 0 Å². The zero-order valence-corrected chi connectivity index (χ0v) is 12.3. The highest BCUT2D eigenvalue weighted by Gasteiger charge is 2.35. The Morgan fingerprint density at radius 2 is 1.68 bits per heavy atom. The molecule has 0 saturated heterocycles. The van der Waals surface area contributed by atoms with Crippen molar-refractivity contribution in [3.8, 4) is 0 Å². The highest BCUT2D eigenvalue weighted by Crippen LogP contribution is 2.29. The first-order valence-corrected chi connectivity index (χ1v) is 6.91. The van der Waals surface area contributed by atoms with Crippen LogP contribution in [0.4, 0.5) is 4.79 Å². The molecule has 19 heavy (non-hydrogen) atoms. The van der Waals surface area contributed by atoms with Crippen molar-refractivity contribution in [2.45, 2.75) is 65.0 Å². The van der Waals surface area contributed by atoms with Gasteiger partial charge in [-0.1, -0.05) is 12.2 Å². The number of nitrogens with zero attached hydrogens (tertiary/aromatic N) is 1. The molecule has 0 fully saturated rings. The van der Waals surface area contributed by atoms with Gasteiger partial charge in [-0.15, -0.1) is 0 Å². The van der Waals surface area contributed by atoms with Crippen LogP contribution >= 0.6 is 0 Å². The van der Waals surface area contributed by atoms with Crippen LogP contribution in [0.5, 0.6) is 0 Å². The van der Waals surface area contributed by atoms with Crippen molar-refractivity contribution in [1.29, 1.82) is 0 Å². The number of hydrogen-bond acceptors (Lipinski definition) is 3. The smallest absolute Gasteiger partial charge is 0.137 e. The van der Waals surface area contributed by atoms with E-state index in [1.54, 1.807) is 6.92 Å². The van der Waals surface area contributed by atoms with Gasteiger partial charge in [0.1, 0.15) is 11.9 Å². The molecule has 0 heterocycles. The van der Waals surface area contributed by atoms with Gasteiger partial charge in [0, 0.05) is 17.5 Å². The molecule has 2 unspecified atom stereocenters. The summed E-state index contributed by atoms with van der Waals surface area (Å²) in [6, 6.07) is -0.285. The van der Waals surface area contributed by atoms with Crippen molar-refractivity contribution in [3.63, 3.8) is 0 Å². The van der Waals surface area contributed by atoms with Gasteiger partial charge >= 0.3 is 0 Å². The molecule has 2 atom stereocenters. The van der Waals surface area contributed by atoms with Gasteiger partial charge in [-0.05, 0) is 53.4 Å². The minimum Gasteiger partial charge on any atom is -0.530 e. The molecule has 0 N–H and O–H groups in total. The van der Waals surface area contributed by atoms with Gasteiger partial charge in [0.25, 0.3) is 0 Å². The minimum absolute atomic E-state index is 0.0656. The number of hydrogen-bond donors (Lipinski definition) is 0. The SMILES string of the molecule is CC(=O)C1CCC=CCCC1N(C(=O)[O-])C(C)(C)C. The fraction of sp³-hybridized carbons (Fsp3) is 0.733. The molecule has 0 aromatic rings. The van der Waals surface area contributed by atoms with Crippen molar-refractivity contribution in [2.75, 3.05) is 0 Å². The van der Waals surface area contributed by atoms with E-state index in [2.05, 4.69) is 12.2 Å². The second kappa shape index (κ2) is 6.22. The Bertz CT molecular complexity index is 368. The van der Waals surface area contributed by atoms with Gasteiger partial charge in [0.2, 0.25) is 0 Å². The third kappa shape index (κ3) is 4.08. The summed E-state index contributed by atoms with van der Waals surface area (Å²) in [5.41, 5.74) is -0.555. The Kier molecular flexibility index (Phi) is 5.15. The summed E-state index contributed by atoms with van der Waals surface area (Å²) in [5.74, 6) is -0.169. The number of amides is 1. The molecule has 0 aliphatic heterocycles.